The number of rotatable bonds is 3. The number of carbonyl (C=O) groups is 2. The smallest absolute Gasteiger partial charge is 0.268 e. The minimum absolute atomic E-state index is 0.0704. The van der Waals surface area contributed by atoms with Gasteiger partial charge in [-0.05, 0) is 30.3 Å². The molecule has 0 fully saturated rings. The zero-order valence-corrected chi connectivity index (χ0v) is 16.7. The number of nitrogens with one attached hydrogen (secondary N) is 1. The Labute approximate surface area is 181 Å². The highest BCUT2D eigenvalue weighted by atomic mass is 16.7. The number of H-pyrrole nitrogens is 1. The van der Waals surface area contributed by atoms with E-state index in [9.17, 15) is 9.59 Å². The van der Waals surface area contributed by atoms with Crippen LogP contribution >= 0.6 is 0 Å². The van der Waals surface area contributed by atoms with E-state index in [0.717, 1.165) is 21.5 Å². The molecule has 4 aromatic rings. The van der Waals surface area contributed by atoms with Crippen LogP contribution in [0.1, 0.15) is 32.0 Å². The molecule has 32 heavy (non-hydrogen) atoms. The number of carbonyl (C=O) groups excluding carboxylic acids is 2. The highest BCUT2D eigenvalue weighted by molar-refractivity contribution is 6.36. The van der Waals surface area contributed by atoms with Gasteiger partial charge in [-0.1, -0.05) is 30.3 Å². The summed E-state index contributed by atoms with van der Waals surface area (Å²) in [5.41, 5.74) is 9.39. The van der Waals surface area contributed by atoms with Gasteiger partial charge in [-0.15, -0.1) is 0 Å². The summed E-state index contributed by atoms with van der Waals surface area (Å²) >= 11 is 0. The zero-order valence-electron chi connectivity index (χ0n) is 16.7. The van der Waals surface area contributed by atoms with Crippen LogP contribution in [0, 0.1) is 0 Å². The maximum Gasteiger partial charge on any atom is 0.268 e. The second-order valence-electron chi connectivity index (χ2n) is 7.47. The average molecular weight is 424 g/mol. The van der Waals surface area contributed by atoms with Gasteiger partial charge in [0.15, 0.2) is 11.5 Å². The van der Waals surface area contributed by atoms with Crippen molar-refractivity contribution in [2.45, 2.75) is 0 Å². The van der Waals surface area contributed by atoms with Gasteiger partial charge >= 0.3 is 0 Å². The lowest BCUT2D eigenvalue weighted by atomic mass is 10.1. The van der Waals surface area contributed by atoms with Crippen LogP contribution in [-0.4, -0.2) is 28.8 Å². The van der Waals surface area contributed by atoms with Crippen LogP contribution in [0.15, 0.2) is 54.6 Å². The van der Waals surface area contributed by atoms with Gasteiger partial charge in [0.25, 0.3) is 11.8 Å². The summed E-state index contributed by atoms with van der Waals surface area (Å²) in [6.45, 7) is 0.0704. The van der Waals surface area contributed by atoms with Crippen molar-refractivity contribution in [1.82, 2.24) is 10.2 Å². The van der Waals surface area contributed by atoms with Gasteiger partial charge in [0.05, 0.1) is 28.0 Å². The Bertz CT molecular complexity index is 1470. The maximum atomic E-state index is 13.2. The molecule has 1 aromatic heterocycles. The molecular weight excluding hydrogens is 408 g/mol. The number of fused-ring (bicyclic) bond motifs is 3. The van der Waals surface area contributed by atoms with Gasteiger partial charge in [-0.3, -0.25) is 14.7 Å². The van der Waals surface area contributed by atoms with E-state index in [1.807, 2.05) is 30.3 Å². The molecule has 2 aliphatic heterocycles. The molecule has 156 valence electrons. The fourth-order valence-corrected chi connectivity index (χ4v) is 4.08. The average Bonchev–Trinajstić information content (AvgIpc) is 3.49. The molecule has 0 unspecified atom stereocenters. The summed E-state index contributed by atoms with van der Waals surface area (Å²) in [5.74, 6) is 0.0983. The lowest BCUT2D eigenvalue weighted by Crippen LogP contribution is -2.30. The van der Waals surface area contributed by atoms with Gasteiger partial charge < -0.3 is 15.2 Å². The number of benzene rings is 3. The molecule has 6 rings (SSSR count). The van der Waals surface area contributed by atoms with E-state index in [2.05, 4.69) is 10.2 Å². The van der Waals surface area contributed by atoms with E-state index in [-0.39, 0.29) is 23.6 Å². The highest BCUT2D eigenvalue weighted by Crippen LogP contribution is 2.42. The third-order valence-corrected chi connectivity index (χ3v) is 5.63. The molecule has 2 amide bonds. The lowest BCUT2D eigenvalue weighted by Gasteiger charge is -2.17. The van der Waals surface area contributed by atoms with Gasteiger partial charge in [0, 0.05) is 22.7 Å². The first-order valence-electron chi connectivity index (χ1n) is 9.94. The van der Waals surface area contributed by atoms with Crippen molar-refractivity contribution < 1.29 is 19.1 Å². The lowest BCUT2D eigenvalue weighted by molar-refractivity contribution is 0.0926. The number of ether oxygens (including phenoxy) is 2. The summed E-state index contributed by atoms with van der Waals surface area (Å²) in [6.07, 6.45) is 3.62. The van der Waals surface area contributed by atoms with Crippen molar-refractivity contribution in [2.24, 2.45) is 0 Å². The zero-order chi connectivity index (χ0) is 21.8. The SMILES string of the molecule is Nc1cccc2c1C(=O)N(c1cc3c(cc1/C=C/c1n[nH]c4ccccc14)OCO3)C2=O. The number of nitrogens with zero attached hydrogens (tertiary/aromatic N) is 2. The van der Waals surface area contributed by atoms with Crippen LogP contribution in [0.2, 0.25) is 0 Å². The molecule has 0 spiro atoms. The van der Waals surface area contributed by atoms with E-state index < -0.39 is 11.8 Å². The Morgan fingerprint density at radius 2 is 1.78 bits per heavy atom. The van der Waals surface area contributed by atoms with Gasteiger partial charge in [0.1, 0.15) is 0 Å². The molecule has 3 N–H and O–H groups in total. The molecule has 8 nitrogen and oxygen atoms in total. The molecule has 0 aliphatic carbocycles. The first kappa shape index (κ1) is 18.2. The van der Waals surface area contributed by atoms with Gasteiger partial charge in [0.2, 0.25) is 6.79 Å². The standard InChI is InChI=1S/C24H16N4O4/c25-16-6-3-5-15-22(16)24(30)28(23(15)29)19-11-21-20(31-12-32-21)10-13(19)8-9-18-14-4-1-2-7-17(14)26-27-18/h1-11H,12,25H2,(H,26,27)/b9-8+. The number of amides is 2. The number of nitrogens with two attached hydrogens (primary N) is 1. The molecule has 8 heteroatoms. The molecular formula is C24H16N4O4. The van der Waals surface area contributed by atoms with Crippen molar-refractivity contribution in [3.05, 3.63) is 77.0 Å². The van der Waals surface area contributed by atoms with E-state index in [0.29, 0.717) is 22.7 Å². The summed E-state index contributed by atoms with van der Waals surface area (Å²) in [4.78, 5) is 27.5. The Morgan fingerprint density at radius 3 is 2.62 bits per heavy atom. The largest absolute Gasteiger partial charge is 0.454 e. The summed E-state index contributed by atoms with van der Waals surface area (Å²) in [7, 11) is 0. The number of para-hydroxylation sites is 1. The number of aromatic amines is 1. The first-order chi connectivity index (χ1) is 15.6. The van der Waals surface area contributed by atoms with Crippen LogP contribution in [0.25, 0.3) is 23.1 Å². The molecule has 0 bridgehead atoms. The van der Waals surface area contributed by atoms with Crippen molar-refractivity contribution in [2.75, 3.05) is 17.4 Å². The molecule has 0 radical (unpaired) electrons. The number of nitrogen functional groups attached to an aromatic ring is 1. The molecule has 2 aliphatic rings. The number of hydrogen-bond acceptors (Lipinski definition) is 6. The molecule has 3 aromatic carbocycles. The van der Waals surface area contributed by atoms with Crippen LogP contribution in [0.5, 0.6) is 11.5 Å². The topological polar surface area (TPSA) is 111 Å². The first-order valence-corrected chi connectivity index (χ1v) is 9.94. The monoisotopic (exact) mass is 424 g/mol. The summed E-state index contributed by atoms with van der Waals surface area (Å²) in [5, 5.41) is 8.30. The van der Waals surface area contributed by atoms with Crippen LogP contribution in [0.3, 0.4) is 0 Å². The fourth-order valence-electron chi connectivity index (χ4n) is 4.08. The number of hydrogen-bond donors (Lipinski definition) is 2. The number of imide groups is 1. The molecule has 0 atom stereocenters. The van der Waals surface area contributed by atoms with Crippen LogP contribution in [-0.2, 0) is 0 Å². The van der Waals surface area contributed by atoms with Crippen molar-refractivity contribution in [3.63, 3.8) is 0 Å². The highest BCUT2D eigenvalue weighted by Gasteiger charge is 2.39. The van der Waals surface area contributed by atoms with Gasteiger partial charge in [-0.25, -0.2) is 4.90 Å². The van der Waals surface area contributed by atoms with E-state index in [4.69, 9.17) is 15.2 Å². The molecule has 3 heterocycles. The minimum Gasteiger partial charge on any atom is -0.454 e. The van der Waals surface area contributed by atoms with Crippen molar-refractivity contribution in [3.8, 4) is 11.5 Å². The molecule has 0 saturated carbocycles. The van der Waals surface area contributed by atoms with Gasteiger partial charge in [-0.2, -0.15) is 5.10 Å². The second-order valence-corrected chi connectivity index (χ2v) is 7.47. The predicted molar refractivity (Wildman–Crippen MR) is 120 cm³/mol. The Morgan fingerprint density at radius 1 is 0.969 bits per heavy atom. The predicted octanol–water partition coefficient (Wildman–Crippen LogP) is 3.84. The molecule has 0 saturated heterocycles. The Kier molecular flexibility index (Phi) is 3.82. The third kappa shape index (κ3) is 2.59. The quantitative estimate of drug-likeness (QED) is 0.382. The Balaban J connectivity index is 1.48. The number of anilines is 2. The second kappa shape index (κ2) is 6.71. The third-order valence-electron chi connectivity index (χ3n) is 5.63. The maximum absolute atomic E-state index is 13.2. The summed E-state index contributed by atoms with van der Waals surface area (Å²) < 4.78 is 11.0. The Hall–Kier alpha value is -4.59. The normalized spacial score (nSPS) is 14.7. The van der Waals surface area contributed by atoms with Crippen LogP contribution in [0.4, 0.5) is 11.4 Å². The minimum atomic E-state index is -0.471. The van der Waals surface area contributed by atoms with E-state index in [1.54, 1.807) is 36.4 Å². The van der Waals surface area contributed by atoms with E-state index >= 15 is 0 Å². The van der Waals surface area contributed by atoms with Crippen LogP contribution < -0.4 is 20.1 Å². The number of aromatic nitrogens is 2. The van der Waals surface area contributed by atoms with Crippen molar-refractivity contribution >= 4 is 46.2 Å². The van der Waals surface area contributed by atoms with E-state index in [1.165, 1.54) is 0 Å². The fraction of sp³-hybridized carbons (Fsp3) is 0.0417. The van der Waals surface area contributed by atoms with Crippen molar-refractivity contribution in [1.29, 1.82) is 0 Å². The summed E-state index contributed by atoms with van der Waals surface area (Å²) in [6, 6.07) is 16.0.